The van der Waals surface area contributed by atoms with Crippen molar-refractivity contribution in [3.05, 3.63) is 0 Å². The summed E-state index contributed by atoms with van der Waals surface area (Å²) in [7, 11) is 0. The monoisotopic (exact) mass is 420 g/mol. The molecule has 3 fully saturated rings. The Kier molecular flexibility index (Phi) is 6.51. The number of nitrogens with zero attached hydrogens (tertiary/aromatic N) is 2. The Hall–Kier alpha value is -1.63. The van der Waals surface area contributed by atoms with Crippen molar-refractivity contribution in [2.24, 2.45) is 11.8 Å². The molecule has 0 spiro atoms. The zero-order chi connectivity index (χ0) is 22.4. The van der Waals surface area contributed by atoms with Gasteiger partial charge in [-0.2, -0.15) is 0 Å². The summed E-state index contributed by atoms with van der Waals surface area (Å²) in [6.07, 6.45) is 3.11. The van der Waals surface area contributed by atoms with Gasteiger partial charge in [-0.1, -0.05) is 27.7 Å². The van der Waals surface area contributed by atoms with Crippen LogP contribution in [0.15, 0.2) is 0 Å². The van der Waals surface area contributed by atoms with E-state index < -0.39 is 12.1 Å². The van der Waals surface area contributed by atoms with Gasteiger partial charge in [0.05, 0.1) is 18.1 Å². The second kappa shape index (κ2) is 8.48. The van der Waals surface area contributed by atoms with Crippen molar-refractivity contribution < 1.29 is 14.4 Å². The minimum atomic E-state index is -0.510. The molecular formula is C23H40N4O3. The zero-order valence-electron chi connectivity index (χ0n) is 19.7. The molecule has 0 bridgehead atoms. The number of amides is 3. The van der Waals surface area contributed by atoms with Gasteiger partial charge in [0.15, 0.2) is 0 Å². The minimum absolute atomic E-state index is 0.0255. The van der Waals surface area contributed by atoms with E-state index in [2.05, 4.69) is 43.2 Å². The lowest BCUT2D eigenvalue weighted by Crippen LogP contribution is -2.58. The Balaban J connectivity index is 1.99. The molecular weight excluding hydrogens is 380 g/mol. The first kappa shape index (κ1) is 23.0. The van der Waals surface area contributed by atoms with Gasteiger partial charge in [0.1, 0.15) is 12.1 Å². The van der Waals surface area contributed by atoms with E-state index in [0.717, 1.165) is 19.3 Å². The lowest BCUT2D eigenvalue weighted by molar-refractivity contribution is -0.134. The Morgan fingerprint density at radius 2 is 1.77 bits per heavy atom. The molecule has 7 heteroatoms. The van der Waals surface area contributed by atoms with Gasteiger partial charge in [-0.15, -0.1) is 0 Å². The quantitative estimate of drug-likeness (QED) is 0.666. The summed E-state index contributed by atoms with van der Waals surface area (Å²) in [4.78, 5) is 44.0. The summed E-state index contributed by atoms with van der Waals surface area (Å²) in [5, 5.41) is 6.17. The van der Waals surface area contributed by atoms with E-state index in [0.29, 0.717) is 24.8 Å². The second-order valence-corrected chi connectivity index (χ2v) is 11.2. The van der Waals surface area contributed by atoms with Crippen LogP contribution in [0.2, 0.25) is 0 Å². The molecule has 3 aliphatic heterocycles. The summed E-state index contributed by atoms with van der Waals surface area (Å²) in [5.74, 6) is 0.516. The molecule has 3 saturated heterocycles. The average molecular weight is 421 g/mol. The van der Waals surface area contributed by atoms with Gasteiger partial charge in [-0.05, 0) is 64.8 Å². The van der Waals surface area contributed by atoms with Crippen molar-refractivity contribution in [1.82, 2.24) is 20.4 Å². The number of hydrogen-bond donors (Lipinski definition) is 2. The number of fused-ring (bicyclic) bond motifs is 2. The topological polar surface area (TPSA) is 81.5 Å². The van der Waals surface area contributed by atoms with Crippen molar-refractivity contribution in [1.29, 1.82) is 0 Å². The van der Waals surface area contributed by atoms with E-state index in [1.807, 2.05) is 25.7 Å². The third-order valence-corrected chi connectivity index (χ3v) is 6.32. The SMILES string of the molecule is CC(C)C[C@@H]1NC(=O)[C@@H]2CCCN2[C@@H](C(=O)NC(C)(C)C)[C@@H]2[C@@H](CC(C)C)N2C1=O. The highest BCUT2D eigenvalue weighted by Gasteiger charge is 2.61. The third-order valence-electron chi connectivity index (χ3n) is 6.32. The fourth-order valence-corrected chi connectivity index (χ4v) is 5.20. The summed E-state index contributed by atoms with van der Waals surface area (Å²) in [6, 6.07) is -1.44. The van der Waals surface area contributed by atoms with Crippen LogP contribution < -0.4 is 10.6 Å². The van der Waals surface area contributed by atoms with Crippen LogP contribution in [0.25, 0.3) is 0 Å². The first-order valence-electron chi connectivity index (χ1n) is 11.6. The first-order chi connectivity index (χ1) is 13.9. The van der Waals surface area contributed by atoms with Crippen molar-refractivity contribution in [3.8, 4) is 0 Å². The highest BCUT2D eigenvalue weighted by molar-refractivity contribution is 5.95. The lowest BCUT2D eigenvalue weighted by Gasteiger charge is -2.33. The molecule has 0 aromatic carbocycles. The molecule has 0 aromatic heterocycles. The van der Waals surface area contributed by atoms with Crippen molar-refractivity contribution in [2.75, 3.05) is 6.54 Å². The van der Waals surface area contributed by atoms with E-state index in [4.69, 9.17) is 0 Å². The van der Waals surface area contributed by atoms with E-state index in [-0.39, 0.29) is 41.4 Å². The van der Waals surface area contributed by atoms with Crippen molar-refractivity contribution in [3.63, 3.8) is 0 Å². The maximum atomic E-state index is 13.5. The molecule has 3 amide bonds. The predicted octanol–water partition coefficient (Wildman–Crippen LogP) is 1.90. The summed E-state index contributed by atoms with van der Waals surface area (Å²) in [5.41, 5.74) is -0.371. The molecule has 0 saturated carbocycles. The largest absolute Gasteiger partial charge is 0.350 e. The molecule has 0 unspecified atom stereocenters. The normalized spacial score (nSPS) is 32.3. The fraction of sp³-hybridized carbons (Fsp3) is 0.870. The fourth-order valence-electron chi connectivity index (χ4n) is 5.20. The zero-order valence-corrected chi connectivity index (χ0v) is 19.7. The van der Waals surface area contributed by atoms with Gasteiger partial charge in [-0.3, -0.25) is 19.3 Å². The van der Waals surface area contributed by atoms with Gasteiger partial charge in [0, 0.05) is 5.54 Å². The summed E-state index contributed by atoms with van der Waals surface area (Å²) >= 11 is 0. The molecule has 0 aromatic rings. The van der Waals surface area contributed by atoms with E-state index >= 15 is 0 Å². The first-order valence-corrected chi connectivity index (χ1v) is 11.6. The Labute approximate surface area is 181 Å². The van der Waals surface area contributed by atoms with Crippen LogP contribution in [-0.4, -0.2) is 69.8 Å². The van der Waals surface area contributed by atoms with Crippen molar-refractivity contribution >= 4 is 17.7 Å². The van der Waals surface area contributed by atoms with Crippen LogP contribution in [0, 0.1) is 11.8 Å². The second-order valence-electron chi connectivity index (χ2n) is 11.2. The van der Waals surface area contributed by atoms with Crippen LogP contribution in [-0.2, 0) is 14.4 Å². The molecule has 170 valence electrons. The predicted molar refractivity (Wildman–Crippen MR) is 117 cm³/mol. The van der Waals surface area contributed by atoms with E-state index in [9.17, 15) is 14.4 Å². The maximum Gasteiger partial charge on any atom is 0.245 e. The molecule has 0 aliphatic carbocycles. The van der Waals surface area contributed by atoms with Gasteiger partial charge >= 0.3 is 0 Å². The van der Waals surface area contributed by atoms with Crippen LogP contribution in [0.3, 0.4) is 0 Å². The van der Waals surface area contributed by atoms with Gasteiger partial charge in [0.25, 0.3) is 0 Å². The molecule has 5 atom stereocenters. The highest BCUT2D eigenvalue weighted by Crippen LogP contribution is 2.41. The van der Waals surface area contributed by atoms with Crippen LogP contribution >= 0.6 is 0 Å². The molecule has 7 nitrogen and oxygen atoms in total. The molecule has 3 aliphatic rings. The number of rotatable bonds is 5. The molecule has 2 N–H and O–H groups in total. The molecule has 30 heavy (non-hydrogen) atoms. The molecule has 3 rings (SSSR count). The van der Waals surface area contributed by atoms with Gasteiger partial charge in [0.2, 0.25) is 17.7 Å². The number of nitrogens with one attached hydrogen (secondary N) is 2. The smallest absolute Gasteiger partial charge is 0.245 e. The van der Waals surface area contributed by atoms with Gasteiger partial charge < -0.3 is 15.5 Å². The number of carbonyl (C=O) groups is 3. The third kappa shape index (κ3) is 4.82. The Morgan fingerprint density at radius 3 is 2.33 bits per heavy atom. The number of carbonyl (C=O) groups excluding carboxylic acids is 3. The Bertz CT molecular complexity index is 684. The van der Waals surface area contributed by atoms with Crippen LogP contribution in [0.4, 0.5) is 0 Å². The summed E-state index contributed by atoms with van der Waals surface area (Å²) < 4.78 is 0. The highest BCUT2D eigenvalue weighted by atomic mass is 16.2. The van der Waals surface area contributed by atoms with Gasteiger partial charge in [-0.25, -0.2) is 0 Å². The lowest BCUT2D eigenvalue weighted by atomic mass is 9.99. The Morgan fingerprint density at radius 1 is 1.13 bits per heavy atom. The molecule has 3 heterocycles. The summed E-state index contributed by atoms with van der Waals surface area (Å²) in [6.45, 7) is 15.1. The van der Waals surface area contributed by atoms with Crippen LogP contribution in [0.5, 0.6) is 0 Å². The van der Waals surface area contributed by atoms with E-state index in [1.54, 1.807) is 0 Å². The maximum absolute atomic E-state index is 13.5. The van der Waals surface area contributed by atoms with Crippen LogP contribution in [0.1, 0.15) is 74.1 Å². The van der Waals surface area contributed by atoms with Crippen molar-refractivity contribution in [2.45, 2.75) is 110 Å². The minimum Gasteiger partial charge on any atom is -0.350 e. The average Bonchev–Trinajstić information content (AvgIpc) is 3.02. The molecule has 0 radical (unpaired) electrons. The number of hydrogen-bond acceptors (Lipinski definition) is 4. The van der Waals surface area contributed by atoms with E-state index in [1.165, 1.54) is 0 Å². The standard InChI is InChI=1S/C23H40N4O3/c1-13(2)11-15-22(30)27-17(12-14(3)4)18(27)19(21(29)25-23(5,6)7)26-10-8-9-16(26)20(28)24-15/h13-19H,8-12H2,1-7H3,(H,24,28)(H,25,29)/t15-,16-,17+,18-,19+,27?/m0/s1.